The molecular weight excluding hydrogens is 254 g/mol. The molecule has 1 aromatic heterocycles. The number of anilines is 1. The van der Waals surface area contributed by atoms with Gasteiger partial charge in [-0.1, -0.05) is 24.3 Å². The van der Waals surface area contributed by atoms with Crippen LogP contribution in [0.25, 0.3) is 10.9 Å². The van der Waals surface area contributed by atoms with E-state index in [4.69, 9.17) is 5.73 Å². The molecule has 3 rings (SSSR count). The summed E-state index contributed by atoms with van der Waals surface area (Å²) in [4.78, 5) is 1.10. The average Bonchev–Trinajstić information content (AvgIpc) is 2.84. The number of nitrogen functional groups attached to an aromatic ring is 1. The number of thioether (sulfide) groups is 1. The van der Waals surface area contributed by atoms with Crippen molar-refractivity contribution in [2.24, 2.45) is 0 Å². The fourth-order valence-corrected chi connectivity index (χ4v) is 3.10. The van der Waals surface area contributed by atoms with E-state index in [2.05, 4.69) is 47.5 Å². The Morgan fingerprint density at radius 3 is 2.95 bits per heavy atom. The van der Waals surface area contributed by atoms with Crippen LogP contribution in [0.1, 0.15) is 11.1 Å². The number of nitrogens with one attached hydrogen (secondary N) is 1. The number of aryl methyl sites for hydroxylation is 1. The third-order valence-corrected chi connectivity index (χ3v) is 4.33. The van der Waals surface area contributed by atoms with Gasteiger partial charge in [-0.15, -0.1) is 11.8 Å². The van der Waals surface area contributed by atoms with Crippen molar-refractivity contribution in [3.63, 3.8) is 0 Å². The highest BCUT2D eigenvalue weighted by molar-refractivity contribution is 7.98. The lowest BCUT2D eigenvalue weighted by Crippen LogP contribution is -1.90. The van der Waals surface area contributed by atoms with Crippen LogP contribution < -0.4 is 5.73 Å². The first-order valence-electron chi connectivity index (χ1n) is 6.14. The molecule has 0 aliphatic carbocycles. The molecule has 0 amide bonds. The van der Waals surface area contributed by atoms with Crippen molar-refractivity contribution in [2.45, 2.75) is 17.6 Å². The molecule has 0 bridgehead atoms. The van der Waals surface area contributed by atoms with E-state index in [0.29, 0.717) is 0 Å². The molecule has 0 aliphatic heterocycles. The maximum absolute atomic E-state index is 6.09. The second kappa shape index (κ2) is 4.97. The fourth-order valence-electron chi connectivity index (χ4n) is 2.04. The maximum Gasteiger partial charge on any atom is 0.0662 e. The van der Waals surface area contributed by atoms with Gasteiger partial charge >= 0.3 is 0 Å². The highest BCUT2D eigenvalue weighted by atomic mass is 32.2. The first-order chi connectivity index (χ1) is 9.24. The summed E-state index contributed by atoms with van der Waals surface area (Å²) in [6, 6.07) is 12.5. The average molecular weight is 269 g/mol. The molecule has 0 unspecified atom stereocenters. The molecule has 2 aromatic carbocycles. The summed E-state index contributed by atoms with van der Waals surface area (Å²) in [5, 5.41) is 8.06. The van der Waals surface area contributed by atoms with E-state index in [1.54, 1.807) is 18.0 Å². The zero-order valence-electron chi connectivity index (χ0n) is 10.7. The van der Waals surface area contributed by atoms with E-state index >= 15 is 0 Å². The van der Waals surface area contributed by atoms with Gasteiger partial charge in [-0.3, -0.25) is 5.10 Å². The zero-order valence-corrected chi connectivity index (χ0v) is 11.5. The summed E-state index contributed by atoms with van der Waals surface area (Å²) in [5.41, 5.74) is 10.6. The van der Waals surface area contributed by atoms with Crippen molar-refractivity contribution in [1.29, 1.82) is 0 Å². The van der Waals surface area contributed by atoms with E-state index in [-0.39, 0.29) is 0 Å². The Labute approximate surface area is 116 Å². The van der Waals surface area contributed by atoms with Gasteiger partial charge in [0.15, 0.2) is 0 Å². The fraction of sp³-hybridized carbons (Fsp3) is 0.133. The lowest BCUT2D eigenvalue weighted by molar-refractivity contribution is 1.12. The number of fused-ring (bicyclic) bond motifs is 1. The highest BCUT2D eigenvalue weighted by Crippen LogP contribution is 2.31. The Bertz CT molecular complexity index is 718. The smallest absolute Gasteiger partial charge is 0.0662 e. The number of rotatable bonds is 3. The molecule has 4 heteroatoms. The molecular formula is C15H15N3S. The van der Waals surface area contributed by atoms with Gasteiger partial charge in [-0.05, 0) is 30.2 Å². The molecule has 3 nitrogen and oxygen atoms in total. The van der Waals surface area contributed by atoms with Crippen LogP contribution in [0.2, 0.25) is 0 Å². The third-order valence-electron chi connectivity index (χ3n) is 3.22. The molecule has 3 aromatic rings. The van der Waals surface area contributed by atoms with Gasteiger partial charge in [0.1, 0.15) is 0 Å². The summed E-state index contributed by atoms with van der Waals surface area (Å²) in [6.45, 7) is 2.14. The minimum Gasteiger partial charge on any atom is -0.398 e. The number of hydrogen-bond acceptors (Lipinski definition) is 3. The van der Waals surface area contributed by atoms with Gasteiger partial charge in [0.2, 0.25) is 0 Å². The molecule has 0 saturated carbocycles. The number of nitrogens with zero attached hydrogens (tertiary/aromatic N) is 1. The number of nitrogens with two attached hydrogens (primary N) is 1. The Morgan fingerprint density at radius 1 is 1.26 bits per heavy atom. The highest BCUT2D eigenvalue weighted by Gasteiger charge is 2.05. The molecule has 0 atom stereocenters. The van der Waals surface area contributed by atoms with E-state index in [9.17, 15) is 0 Å². The Kier molecular flexibility index (Phi) is 3.17. The Hall–Kier alpha value is -1.94. The van der Waals surface area contributed by atoms with Crippen molar-refractivity contribution in [3.8, 4) is 0 Å². The van der Waals surface area contributed by atoms with Gasteiger partial charge in [0, 0.05) is 21.7 Å². The quantitative estimate of drug-likeness (QED) is 0.562. The number of H-pyrrole nitrogens is 1. The van der Waals surface area contributed by atoms with E-state index in [1.807, 2.05) is 6.07 Å². The van der Waals surface area contributed by atoms with Crippen molar-refractivity contribution in [2.75, 3.05) is 5.73 Å². The van der Waals surface area contributed by atoms with Crippen LogP contribution in [-0.4, -0.2) is 10.2 Å². The lowest BCUT2D eigenvalue weighted by Gasteiger charge is -2.08. The summed E-state index contributed by atoms with van der Waals surface area (Å²) in [7, 11) is 0. The number of aromatic nitrogens is 2. The standard InChI is InChI=1S/C15H15N3S/c1-10-4-2-3-5-11(10)9-19-15-7-14-12(6-13(15)16)8-17-18-14/h2-8H,9,16H2,1H3,(H,17,18). The van der Waals surface area contributed by atoms with Crippen molar-refractivity contribution in [3.05, 3.63) is 53.7 Å². The largest absolute Gasteiger partial charge is 0.398 e. The normalized spacial score (nSPS) is 11.0. The van der Waals surface area contributed by atoms with Crippen LogP contribution in [0.15, 0.2) is 47.5 Å². The molecule has 0 spiro atoms. The second-order valence-electron chi connectivity index (χ2n) is 4.56. The summed E-state index contributed by atoms with van der Waals surface area (Å²) in [6.07, 6.45) is 1.79. The molecule has 19 heavy (non-hydrogen) atoms. The molecule has 96 valence electrons. The van der Waals surface area contributed by atoms with Crippen molar-refractivity contribution >= 4 is 28.4 Å². The minimum absolute atomic E-state index is 0.812. The van der Waals surface area contributed by atoms with Crippen molar-refractivity contribution in [1.82, 2.24) is 10.2 Å². The van der Waals surface area contributed by atoms with Crippen LogP contribution in [0.5, 0.6) is 0 Å². The van der Waals surface area contributed by atoms with Gasteiger partial charge in [0.05, 0.1) is 11.7 Å². The first-order valence-corrected chi connectivity index (χ1v) is 7.12. The van der Waals surface area contributed by atoms with Crippen LogP contribution in [0.4, 0.5) is 5.69 Å². The number of benzene rings is 2. The topological polar surface area (TPSA) is 54.7 Å². The van der Waals surface area contributed by atoms with Gasteiger partial charge in [0.25, 0.3) is 0 Å². The van der Waals surface area contributed by atoms with Crippen LogP contribution in [0.3, 0.4) is 0 Å². The molecule has 0 saturated heterocycles. The second-order valence-corrected chi connectivity index (χ2v) is 5.58. The molecule has 3 N–H and O–H groups in total. The first kappa shape index (κ1) is 12.1. The third kappa shape index (κ3) is 2.44. The molecule has 0 fully saturated rings. The van der Waals surface area contributed by atoms with Crippen LogP contribution >= 0.6 is 11.8 Å². The van der Waals surface area contributed by atoms with E-state index < -0.39 is 0 Å². The van der Waals surface area contributed by atoms with Gasteiger partial charge in [-0.2, -0.15) is 5.10 Å². The summed E-state index contributed by atoms with van der Waals surface area (Å²) < 4.78 is 0. The monoisotopic (exact) mass is 269 g/mol. The van der Waals surface area contributed by atoms with E-state index in [0.717, 1.165) is 27.2 Å². The summed E-state index contributed by atoms with van der Waals surface area (Å²) in [5.74, 6) is 0.927. The molecule has 0 aliphatic rings. The zero-order chi connectivity index (χ0) is 13.2. The molecule has 0 radical (unpaired) electrons. The number of hydrogen-bond donors (Lipinski definition) is 2. The summed E-state index contributed by atoms with van der Waals surface area (Å²) >= 11 is 1.76. The predicted octanol–water partition coefficient (Wildman–Crippen LogP) is 3.75. The SMILES string of the molecule is Cc1ccccc1CSc1cc2[nH]ncc2cc1N. The Balaban J connectivity index is 1.85. The maximum atomic E-state index is 6.09. The lowest BCUT2D eigenvalue weighted by atomic mass is 10.1. The minimum atomic E-state index is 0.812. The van der Waals surface area contributed by atoms with E-state index in [1.165, 1.54) is 11.1 Å². The van der Waals surface area contributed by atoms with Gasteiger partial charge < -0.3 is 5.73 Å². The number of aromatic amines is 1. The van der Waals surface area contributed by atoms with Crippen LogP contribution in [0, 0.1) is 6.92 Å². The predicted molar refractivity (Wildman–Crippen MR) is 81.2 cm³/mol. The Morgan fingerprint density at radius 2 is 2.11 bits per heavy atom. The van der Waals surface area contributed by atoms with Crippen molar-refractivity contribution < 1.29 is 0 Å². The van der Waals surface area contributed by atoms with Crippen LogP contribution in [-0.2, 0) is 5.75 Å². The van der Waals surface area contributed by atoms with Gasteiger partial charge in [-0.25, -0.2) is 0 Å². The molecule has 1 heterocycles.